The molecule has 8 heteroatoms. The fourth-order valence-corrected chi connectivity index (χ4v) is 4.62. The molecule has 2 aromatic heterocycles. The highest BCUT2D eigenvalue weighted by atomic mass is 35.5. The van der Waals surface area contributed by atoms with Crippen LogP contribution in [0.5, 0.6) is 0 Å². The summed E-state index contributed by atoms with van der Waals surface area (Å²) in [6.45, 7) is 4.27. The summed E-state index contributed by atoms with van der Waals surface area (Å²) < 4.78 is 1.90. The average molecular weight is 364 g/mol. The van der Waals surface area contributed by atoms with Crippen LogP contribution in [0.3, 0.4) is 0 Å². The number of thioether (sulfide) groups is 1. The van der Waals surface area contributed by atoms with Gasteiger partial charge in [0, 0.05) is 16.0 Å². The summed E-state index contributed by atoms with van der Waals surface area (Å²) in [7, 11) is 0. The Bertz CT molecular complexity index is 857. The van der Waals surface area contributed by atoms with Crippen LogP contribution in [-0.4, -0.2) is 19.9 Å². The second-order valence-corrected chi connectivity index (χ2v) is 7.86. The molecule has 0 saturated heterocycles. The first-order valence-electron chi connectivity index (χ1n) is 7.22. The molecule has 4 rings (SSSR count). The van der Waals surface area contributed by atoms with Gasteiger partial charge < -0.3 is 5.43 Å². The number of nitrogens with one attached hydrogen (secondary N) is 1. The van der Waals surface area contributed by atoms with Crippen LogP contribution in [0.15, 0.2) is 34.8 Å². The van der Waals surface area contributed by atoms with Crippen molar-refractivity contribution in [1.29, 1.82) is 0 Å². The Morgan fingerprint density at radius 3 is 2.83 bits per heavy atom. The van der Waals surface area contributed by atoms with Crippen LogP contribution < -0.4 is 5.43 Å². The molecule has 3 aromatic rings. The van der Waals surface area contributed by atoms with Gasteiger partial charge >= 0.3 is 0 Å². The molecule has 23 heavy (non-hydrogen) atoms. The van der Waals surface area contributed by atoms with Gasteiger partial charge in [0.1, 0.15) is 5.37 Å². The van der Waals surface area contributed by atoms with Crippen LogP contribution in [0.4, 0.5) is 0 Å². The van der Waals surface area contributed by atoms with Gasteiger partial charge in [-0.3, -0.25) is 0 Å². The van der Waals surface area contributed by atoms with E-state index in [0.29, 0.717) is 5.92 Å². The normalized spacial score (nSPS) is 16.6. The van der Waals surface area contributed by atoms with Crippen molar-refractivity contribution >= 4 is 34.7 Å². The van der Waals surface area contributed by atoms with Gasteiger partial charge in [-0.15, -0.1) is 21.5 Å². The molecular formula is C15H14ClN5S2. The minimum absolute atomic E-state index is 0.0254. The molecule has 0 saturated carbocycles. The highest BCUT2D eigenvalue weighted by Crippen LogP contribution is 2.42. The van der Waals surface area contributed by atoms with E-state index in [-0.39, 0.29) is 5.37 Å². The standard InChI is InChI=1S/C15H14ClN5S2/c1-8(2)11-7-22-14(17-11)12-18-19-15-21(12)20-13(23-15)9-5-3-4-6-10(9)16/h3-8,13,20H,1-2H3. The van der Waals surface area contributed by atoms with Crippen molar-refractivity contribution in [1.82, 2.24) is 19.9 Å². The van der Waals surface area contributed by atoms with Gasteiger partial charge in [0.15, 0.2) is 5.01 Å². The number of rotatable bonds is 3. The quantitative estimate of drug-likeness (QED) is 0.741. The SMILES string of the molecule is CC(C)c1csc(-c2nnc3n2NC(c2ccccc2Cl)S3)n1. The Morgan fingerprint density at radius 2 is 2.09 bits per heavy atom. The monoisotopic (exact) mass is 363 g/mol. The van der Waals surface area contributed by atoms with E-state index in [1.54, 1.807) is 23.1 Å². The van der Waals surface area contributed by atoms with Crippen LogP contribution in [-0.2, 0) is 0 Å². The number of benzene rings is 1. The molecule has 1 N–H and O–H groups in total. The van der Waals surface area contributed by atoms with E-state index in [2.05, 4.69) is 39.8 Å². The third kappa shape index (κ3) is 2.62. The van der Waals surface area contributed by atoms with Crippen molar-refractivity contribution < 1.29 is 0 Å². The minimum atomic E-state index is 0.0254. The van der Waals surface area contributed by atoms with Crippen molar-refractivity contribution in [2.45, 2.75) is 30.3 Å². The lowest BCUT2D eigenvalue weighted by Gasteiger charge is -2.12. The van der Waals surface area contributed by atoms with Crippen LogP contribution in [0.25, 0.3) is 10.8 Å². The number of nitrogens with zero attached hydrogens (tertiary/aromatic N) is 4. The first-order chi connectivity index (χ1) is 11.1. The molecule has 0 amide bonds. The third-order valence-electron chi connectivity index (χ3n) is 3.60. The van der Waals surface area contributed by atoms with E-state index < -0.39 is 0 Å². The summed E-state index contributed by atoms with van der Waals surface area (Å²) in [6, 6.07) is 7.83. The lowest BCUT2D eigenvalue weighted by Crippen LogP contribution is -2.14. The number of hydrogen-bond acceptors (Lipinski definition) is 6. The Hall–Kier alpha value is -1.57. The van der Waals surface area contributed by atoms with Crippen LogP contribution >= 0.6 is 34.7 Å². The maximum absolute atomic E-state index is 6.30. The van der Waals surface area contributed by atoms with Gasteiger partial charge in [-0.25, -0.2) is 9.66 Å². The summed E-state index contributed by atoms with van der Waals surface area (Å²) in [5.41, 5.74) is 5.53. The van der Waals surface area contributed by atoms with Crippen LogP contribution in [0, 0.1) is 0 Å². The Balaban J connectivity index is 1.65. The number of halogens is 1. The topological polar surface area (TPSA) is 55.6 Å². The predicted molar refractivity (Wildman–Crippen MR) is 94.6 cm³/mol. The van der Waals surface area contributed by atoms with E-state index >= 15 is 0 Å². The van der Waals surface area contributed by atoms with Gasteiger partial charge in [-0.2, -0.15) is 0 Å². The van der Waals surface area contributed by atoms with Crippen molar-refractivity contribution in [3.05, 3.63) is 45.9 Å². The van der Waals surface area contributed by atoms with Gasteiger partial charge in [-0.05, 0) is 12.0 Å². The highest BCUT2D eigenvalue weighted by molar-refractivity contribution is 7.99. The first-order valence-corrected chi connectivity index (χ1v) is 9.36. The number of fused-ring (bicyclic) bond motifs is 1. The van der Waals surface area contributed by atoms with Crippen molar-refractivity contribution in [3.8, 4) is 10.8 Å². The molecule has 0 aliphatic carbocycles. The smallest absolute Gasteiger partial charge is 0.212 e. The summed E-state index contributed by atoms with van der Waals surface area (Å²) in [4.78, 5) is 4.66. The molecule has 0 fully saturated rings. The van der Waals surface area contributed by atoms with E-state index in [9.17, 15) is 0 Å². The largest absolute Gasteiger partial charge is 0.304 e. The molecule has 3 heterocycles. The van der Waals surface area contributed by atoms with Crippen molar-refractivity contribution in [2.75, 3.05) is 5.43 Å². The maximum Gasteiger partial charge on any atom is 0.212 e. The molecule has 118 valence electrons. The highest BCUT2D eigenvalue weighted by Gasteiger charge is 2.30. The zero-order valence-corrected chi connectivity index (χ0v) is 14.9. The molecule has 1 aromatic carbocycles. The van der Waals surface area contributed by atoms with E-state index in [1.165, 1.54) is 0 Å². The molecule has 1 aliphatic rings. The molecule has 0 spiro atoms. The lowest BCUT2D eigenvalue weighted by atomic mass is 10.2. The van der Waals surface area contributed by atoms with Crippen molar-refractivity contribution in [2.24, 2.45) is 0 Å². The molecule has 1 unspecified atom stereocenters. The van der Waals surface area contributed by atoms with Crippen molar-refractivity contribution in [3.63, 3.8) is 0 Å². The van der Waals surface area contributed by atoms with Gasteiger partial charge in [0.05, 0.1) is 5.69 Å². The summed E-state index contributed by atoms with van der Waals surface area (Å²) in [5, 5.41) is 13.1. The number of aromatic nitrogens is 4. The van der Waals surface area contributed by atoms with Gasteiger partial charge in [0.2, 0.25) is 11.0 Å². The Labute approximate surface area is 147 Å². The van der Waals surface area contributed by atoms with Crippen LogP contribution in [0.2, 0.25) is 5.02 Å². The summed E-state index contributed by atoms with van der Waals surface area (Å²) >= 11 is 9.49. The Kier molecular flexibility index (Phi) is 3.79. The fraction of sp³-hybridized carbons (Fsp3) is 0.267. The fourth-order valence-electron chi connectivity index (χ4n) is 2.33. The summed E-state index contributed by atoms with van der Waals surface area (Å²) in [5.74, 6) is 1.15. The zero-order valence-electron chi connectivity index (χ0n) is 12.5. The number of hydrogen-bond donors (Lipinski definition) is 1. The molecular weight excluding hydrogens is 350 g/mol. The second kappa shape index (κ2) is 5.81. The predicted octanol–water partition coefficient (Wildman–Crippen LogP) is 4.53. The minimum Gasteiger partial charge on any atom is -0.304 e. The summed E-state index contributed by atoms with van der Waals surface area (Å²) in [6.07, 6.45) is 0. The molecule has 0 bridgehead atoms. The maximum atomic E-state index is 6.30. The van der Waals surface area contributed by atoms with E-state index in [4.69, 9.17) is 11.6 Å². The van der Waals surface area contributed by atoms with Crippen LogP contribution in [0.1, 0.15) is 36.4 Å². The molecule has 5 nitrogen and oxygen atoms in total. The molecule has 1 aliphatic heterocycles. The average Bonchev–Trinajstić information content (AvgIpc) is 3.22. The van der Waals surface area contributed by atoms with Gasteiger partial charge in [-0.1, -0.05) is 55.4 Å². The molecule has 1 atom stereocenters. The first kappa shape index (κ1) is 15.0. The van der Waals surface area contributed by atoms with E-state index in [0.717, 1.165) is 32.3 Å². The second-order valence-electron chi connectivity index (χ2n) is 5.52. The Morgan fingerprint density at radius 1 is 1.26 bits per heavy atom. The lowest BCUT2D eigenvalue weighted by molar-refractivity contribution is 0.789. The molecule has 0 radical (unpaired) electrons. The van der Waals surface area contributed by atoms with E-state index in [1.807, 2.05) is 28.9 Å². The third-order valence-corrected chi connectivity index (χ3v) is 5.87. The zero-order chi connectivity index (χ0) is 16.0. The number of thiazole rings is 1. The van der Waals surface area contributed by atoms with Gasteiger partial charge in [0.25, 0.3) is 0 Å².